The van der Waals surface area contributed by atoms with Gasteiger partial charge in [0.2, 0.25) is 0 Å². The second-order valence-corrected chi connectivity index (χ2v) is 3.80. The molecule has 1 aliphatic carbocycles. The maximum atomic E-state index is 6.01. The van der Waals surface area contributed by atoms with Gasteiger partial charge in [-0.15, -0.1) is 0 Å². The van der Waals surface area contributed by atoms with Crippen molar-refractivity contribution < 1.29 is 4.74 Å². The van der Waals surface area contributed by atoms with Crippen molar-refractivity contribution in [3.8, 4) is 5.75 Å². The number of nitrogens with zero attached hydrogens (tertiary/aromatic N) is 1. The molecule has 0 unspecified atom stereocenters. The molecule has 1 aromatic rings. The van der Waals surface area contributed by atoms with Crippen LogP contribution >= 0.6 is 11.6 Å². The number of hydrogen-bond donors (Lipinski definition) is 1. The van der Waals surface area contributed by atoms with Crippen LogP contribution in [0.3, 0.4) is 0 Å². The Morgan fingerprint density at radius 1 is 1.62 bits per heavy atom. The third kappa shape index (κ3) is 1.49. The van der Waals surface area contributed by atoms with Gasteiger partial charge in [0, 0.05) is 12.3 Å². The number of halogens is 1. The summed E-state index contributed by atoms with van der Waals surface area (Å²) in [5, 5.41) is 0.574. The second-order valence-electron chi connectivity index (χ2n) is 3.36. The molecule has 1 aliphatic rings. The first-order valence-corrected chi connectivity index (χ1v) is 4.52. The van der Waals surface area contributed by atoms with Crippen LogP contribution in [0, 0.1) is 0 Å². The van der Waals surface area contributed by atoms with Gasteiger partial charge < -0.3 is 10.5 Å². The van der Waals surface area contributed by atoms with Crippen molar-refractivity contribution in [1.82, 2.24) is 4.98 Å². The van der Waals surface area contributed by atoms with Gasteiger partial charge in [-0.2, -0.15) is 0 Å². The average molecular weight is 199 g/mol. The monoisotopic (exact) mass is 198 g/mol. The highest BCUT2D eigenvalue weighted by Crippen LogP contribution is 2.45. The molecule has 1 heterocycles. The number of aromatic nitrogens is 1. The largest absolute Gasteiger partial charge is 0.495 e. The van der Waals surface area contributed by atoms with Gasteiger partial charge in [0.15, 0.2) is 0 Å². The zero-order chi connectivity index (χ0) is 9.47. The number of pyridine rings is 1. The molecule has 0 aliphatic heterocycles. The Morgan fingerprint density at radius 3 is 2.85 bits per heavy atom. The van der Waals surface area contributed by atoms with E-state index in [4.69, 9.17) is 22.1 Å². The molecule has 2 rings (SSSR count). The molecule has 2 N–H and O–H groups in total. The van der Waals surface area contributed by atoms with Gasteiger partial charge >= 0.3 is 0 Å². The van der Waals surface area contributed by atoms with Crippen LogP contribution in [0.25, 0.3) is 0 Å². The lowest BCUT2D eigenvalue weighted by molar-refractivity contribution is 0.400. The Morgan fingerprint density at radius 2 is 2.31 bits per heavy atom. The van der Waals surface area contributed by atoms with E-state index in [2.05, 4.69) is 4.98 Å². The third-order valence-corrected chi connectivity index (χ3v) is 2.51. The van der Waals surface area contributed by atoms with Gasteiger partial charge in [0.1, 0.15) is 11.4 Å². The molecule has 0 radical (unpaired) electrons. The molecule has 13 heavy (non-hydrogen) atoms. The molecule has 0 bridgehead atoms. The van der Waals surface area contributed by atoms with Gasteiger partial charge in [-0.05, 0) is 12.8 Å². The fraction of sp³-hybridized carbons (Fsp3) is 0.444. The minimum absolute atomic E-state index is 0.268. The van der Waals surface area contributed by atoms with E-state index in [9.17, 15) is 0 Å². The molecule has 0 aromatic carbocycles. The normalized spacial score (nSPS) is 18.4. The minimum atomic E-state index is -0.268. The zero-order valence-electron chi connectivity index (χ0n) is 7.38. The third-order valence-electron chi connectivity index (χ3n) is 2.30. The Balaban J connectivity index is 2.45. The topological polar surface area (TPSA) is 48.1 Å². The van der Waals surface area contributed by atoms with Gasteiger partial charge in [-0.1, -0.05) is 11.6 Å². The Hall–Kier alpha value is -0.800. The summed E-state index contributed by atoms with van der Waals surface area (Å²) < 4.78 is 5.17. The first-order chi connectivity index (χ1) is 6.15. The van der Waals surface area contributed by atoms with Crippen LogP contribution in [-0.2, 0) is 5.54 Å². The van der Waals surface area contributed by atoms with Crippen molar-refractivity contribution in [1.29, 1.82) is 0 Å². The molecule has 4 heteroatoms. The lowest BCUT2D eigenvalue weighted by Gasteiger charge is -2.12. The molecule has 0 atom stereocenters. The molecular formula is C9H11ClN2O. The SMILES string of the molecule is COc1cc(Cl)cnc1C1(N)CC1. The van der Waals surface area contributed by atoms with Gasteiger partial charge in [0.25, 0.3) is 0 Å². The van der Waals surface area contributed by atoms with Crippen LogP contribution in [0.1, 0.15) is 18.5 Å². The summed E-state index contributed by atoms with van der Waals surface area (Å²) in [6.07, 6.45) is 3.54. The Kier molecular flexibility index (Phi) is 1.93. The highest BCUT2D eigenvalue weighted by Gasteiger charge is 2.43. The fourth-order valence-electron chi connectivity index (χ4n) is 1.32. The predicted molar refractivity (Wildman–Crippen MR) is 50.9 cm³/mol. The van der Waals surface area contributed by atoms with Crippen molar-refractivity contribution in [3.63, 3.8) is 0 Å². The number of methoxy groups -OCH3 is 1. The van der Waals surface area contributed by atoms with Gasteiger partial charge in [0.05, 0.1) is 17.7 Å². The van der Waals surface area contributed by atoms with E-state index in [-0.39, 0.29) is 5.54 Å². The molecule has 1 fully saturated rings. The molecule has 0 saturated heterocycles. The van der Waals surface area contributed by atoms with Crippen LogP contribution in [0.15, 0.2) is 12.3 Å². The number of hydrogen-bond acceptors (Lipinski definition) is 3. The van der Waals surface area contributed by atoms with E-state index in [0.717, 1.165) is 18.5 Å². The Labute approximate surface area is 81.9 Å². The first-order valence-electron chi connectivity index (χ1n) is 4.14. The minimum Gasteiger partial charge on any atom is -0.495 e. The maximum absolute atomic E-state index is 6.01. The van der Waals surface area contributed by atoms with Crippen molar-refractivity contribution in [2.45, 2.75) is 18.4 Å². The average Bonchev–Trinajstić information content (AvgIpc) is 2.84. The first kappa shape index (κ1) is 8.78. The van der Waals surface area contributed by atoms with E-state index in [1.54, 1.807) is 19.4 Å². The lowest BCUT2D eigenvalue weighted by Crippen LogP contribution is -2.21. The summed E-state index contributed by atoms with van der Waals surface area (Å²) in [6, 6.07) is 1.75. The van der Waals surface area contributed by atoms with Gasteiger partial charge in [-0.25, -0.2) is 0 Å². The molecule has 0 spiro atoms. The molecular weight excluding hydrogens is 188 g/mol. The molecule has 1 saturated carbocycles. The second kappa shape index (κ2) is 2.86. The molecule has 70 valence electrons. The summed E-state index contributed by atoms with van der Waals surface area (Å²) in [5.74, 6) is 0.688. The van der Waals surface area contributed by atoms with E-state index in [1.807, 2.05) is 0 Å². The number of ether oxygens (including phenoxy) is 1. The van der Waals surface area contributed by atoms with Crippen LogP contribution in [0.4, 0.5) is 0 Å². The summed E-state index contributed by atoms with van der Waals surface area (Å²) >= 11 is 5.78. The summed E-state index contributed by atoms with van der Waals surface area (Å²) in [6.45, 7) is 0. The van der Waals surface area contributed by atoms with Crippen molar-refractivity contribution in [3.05, 3.63) is 23.0 Å². The van der Waals surface area contributed by atoms with Crippen LogP contribution < -0.4 is 10.5 Å². The highest BCUT2D eigenvalue weighted by molar-refractivity contribution is 6.30. The summed E-state index contributed by atoms with van der Waals surface area (Å²) in [5.41, 5.74) is 6.56. The maximum Gasteiger partial charge on any atom is 0.143 e. The summed E-state index contributed by atoms with van der Waals surface area (Å²) in [7, 11) is 1.60. The van der Waals surface area contributed by atoms with E-state index >= 15 is 0 Å². The van der Waals surface area contributed by atoms with Crippen LogP contribution in [-0.4, -0.2) is 12.1 Å². The Bertz CT molecular complexity index is 336. The molecule has 0 amide bonds. The van der Waals surface area contributed by atoms with Crippen LogP contribution in [0.2, 0.25) is 5.02 Å². The highest BCUT2D eigenvalue weighted by atomic mass is 35.5. The smallest absolute Gasteiger partial charge is 0.143 e. The predicted octanol–water partition coefficient (Wildman–Crippen LogP) is 1.69. The standard InChI is InChI=1S/C9H11ClN2O/c1-13-7-4-6(10)5-12-8(7)9(11)2-3-9/h4-5H,2-3,11H2,1H3. The van der Waals surface area contributed by atoms with Crippen LogP contribution in [0.5, 0.6) is 5.75 Å². The fourth-order valence-corrected chi connectivity index (χ4v) is 1.47. The molecule has 1 aromatic heterocycles. The van der Waals surface area contributed by atoms with E-state index in [1.165, 1.54) is 0 Å². The van der Waals surface area contributed by atoms with E-state index < -0.39 is 0 Å². The number of rotatable bonds is 2. The van der Waals surface area contributed by atoms with Crippen molar-refractivity contribution in [2.75, 3.05) is 7.11 Å². The van der Waals surface area contributed by atoms with Crippen molar-refractivity contribution in [2.24, 2.45) is 5.73 Å². The summed E-state index contributed by atoms with van der Waals surface area (Å²) in [4.78, 5) is 4.20. The quantitative estimate of drug-likeness (QED) is 0.787. The lowest BCUT2D eigenvalue weighted by atomic mass is 10.1. The van der Waals surface area contributed by atoms with Crippen molar-refractivity contribution >= 4 is 11.6 Å². The van der Waals surface area contributed by atoms with E-state index in [0.29, 0.717) is 10.8 Å². The number of nitrogens with two attached hydrogens (primary N) is 1. The zero-order valence-corrected chi connectivity index (χ0v) is 8.14. The van der Waals surface area contributed by atoms with Gasteiger partial charge in [-0.3, -0.25) is 4.98 Å². The molecule has 3 nitrogen and oxygen atoms in total.